The van der Waals surface area contributed by atoms with Gasteiger partial charge in [-0.2, -0.15) is 4.99 Å². The summed E-state index contributed by atoms with van der Waals surface area (Å²) >= 11 is 7.41. The number of carbonyl (C=O) groups excluding carboxylic acids is 1. The van der Waals surface area contributed by atoms with E-state index >= 15 is 0 Å². The molecule has 25 heavy (non-hydrogen) atoms. The number of halogens is 1. The number of nitrogens with zero attached hydrogens (tertiary/aromatic N) is 2. The molecule has 0 spiro atoms. The summed E-state index contributed by atoms with van der Waals surface area (Å²) in [6.45, 7) is -0.141. The van der Waals surface area contributed by atoms with Crippen LogP contribution in [-0.4, -0.2) is 63.1 Å². The van der Waals surface area contributed by atoms with E-state index in [1.165, 1.54) is 26.0 Å². The Labute approximate surface area is 155 Å². The predicted molar refractivity (Wildman–Crippen MR) is 98.6 cm³/mol. The van der Waals surface area contributed by atoms with E-state index in [0.717, 1.165) is 0 Å². The van der Waals surface area contributed by atoms with Crippen LogP contribution in [0, 0.1) is 0 Å². The Morgan fingerprint density at radius 2 is 2.16 bits per heavy atom. The van der Waals surface area contributed by atoms with Gasteiger partial charge in [0.05, 0.1) is 30.3 Å². The molecule has 0 saturated carbocycles. The summed E-state index contributed by atoms with van der Waals surface area (Å²) in [5.74, 6) is 0.150. The third-order valence-corrected chi connectivity index (χ3v) is 7.40. The minimum absolute atomic E-state index is 0.00216. The number of carbonyl (C=O) groups is 1. The first-order valence-corrected chi connectivity index (χ1v) is 10.5. The molecule has 0 N–H and O–H groups in total. The zero-order valence-electron chi connectivity index (χ0n) is 13.6. The lowest BCUT2D eigenvalue weighted by atomic mass is 10.2. The van der Waals surface area contributed by atoms with E-state index in [2.05, 4.69) is 4.99 Å². The van der Waals surface area contributed by atoms with Crippen molar-refractivity contribution in [1.29, 1.82) is 0 Å². The van der Waals surface area contributed by atoms with Crippen LogP contribution < -0.4 is 9.64 Å². The largest absolute Gasteiger partial charge is 0.495 e. The maximum Gasteiger partial charge on any atom is 0.274 e. The van der Waals surface area contributed by atoms with Crippen LogP contribution in [0.4, 0.5) is 5.69 Å². The minimum atomic E-state index is -3.14. The molecule has 1 aromatic carbocycles. The number of aliphatic imine (C=N–C) groups is 1. The van der Waals surface area contributed by atoms with Gasteiger partial charge in [-0.1, -0.05) is 23.4 Å². The van der Waals surface area contributed by atoms with E-state index in [1.807, 2.05) is 0 Å². The molecule has 10 heteroatoms. The lowest BCUT2D eigenvalue weighted by Gasteiger charge is -2.26. The first kappa shape index (κ1) is 18.5. The Bertz CT molecular complexity index is 827. The van der Waals surface area contributed by atoms with Gasteiger partial charge in [0, 0.05) is 17.4 Å². The molecule has 0 radical (unpaired) electrons. The van der Waals surface area contributed by atoms with E-state index in [9.17, 15) is 13.2 Å². The van der Waals surface area contributed by atoms with Crippen molar-refractivity contribution in [3.63, 3.8) is 0 Å². The number of anilines is 1. The second kappa shape index (κ2) is 7.14. The number of sulfone groups is 1. The Kier molecular flexibility index (Phi) is 5.29. The number of amidine groups is 1. The molecular formula is C15H17ClN2O5S2. The molecule has 3 rings (SSSR count). The van der Waals surface area contributed by atoms with E-state index in [4.69, 9.17) is 21.1 Å². The summed E-state index contributed by atoms with van der Waals surface area (Å²) in [4.78, 5) is 17.8. The first-order valence-electron chi connectivity index (χ1n) is 7.45. The Balaban J connectivity index is 2.07. The van der Waals surface area contributed by atoms with Crippen LogP contribution in [0.5, 0.6) is 5.75 Å². The van der Waals surface area contributed by atoms with Gasteiger partial charge in [0.25, 0.3) is 5.91 Å². The predicted octanol–water partition coefficient (Wildman–Crippen LogP) is 1.60. The molecule has 136 valence electrons. The average Bonchev–Trinajstić information content (AvgIpc) is 2.98. The van der Waals surface area contributed by atoms with E-state index in [-0.39, 0.29) is 29.4 Å². The van der Waals surface area contributed by atoms with Crippen molar-refractivity contribution in [2.75, 3.05) is 37.2 Å². The molecule has 0 aliphatic carbocycles. The average molecular weight is 405 g/mol. The van der Waals surface area contributed by atoms with Gasteiger partial charge in [-0.15, -0.1) is 0 Å². The van der Waals surface area contributed by atoms with Gasteiger partial charge < -0.3 is 14.4 Å². The normalized spacial score (nSPS) is 26.0. The number of ether oxygens (including phenoxy) is 2. The number of hydrogen-bond donors (Lipinski definition) is 0. The maximum absolute atomic E-state index is 12.0. The van der Waals surface area contributed by atoms with E-state index < -0.39 is 15.7 Å². The van der Waals surface area contributed by atoms with Gasteiger partial charge in [0.15, 0.2) is 15.0 Å². The fourth-order valence-electron chi connectivity index (χ4n) is 2.96. The quantitative estimate of drug-likeness (QED) is 0.753. The van der Waals surface area contributed by atoms with Gasteiger partial charge in [-0.05, 0) is 18.2 Å². The third kappa shape index (κ3) is 3.79. The zero-order chi connectivity index (χ0) is 18.2. The molecule has 2 atom stereocenters. The van der Waals surface area contributed by atoms with Crippen molar-refractivity contribution in [2.45, 2.75) is 11.3 Å². The summed E-state index contributed by atoms with van der Waals surface area (Å²) in [7, 11) is -0.204. The number of methoxy groups -OCH3 is 2. The molecule has 2 saturated heterocycles. The summed E-state index contributed by atoms with van der Waals surface area (Å²) in [6.07, 6.45) is 0. The molecule has 2 heterocycles. The standard InChI is InChI=1S/C15H17ClN2O5S2/c1-22-6-14(19)17-15-18(10-5-9(16)3-4-12(10)23-2)11-7-25(20,21)8-13(11)24-15/h3-5,11,13H,6-8H2,1-2H3/t11-,13+/m1/s1. The van der Waals surface area contributed by atoms with Gasteiger partial charge >= 0.3 is 0 Å². The molecule has 0 unspecified atom stereocenters. The van der Waals surface area contributed by atoms with E-state index in [1.54, 1.807) is 23.1 Å². The van der Waals surface area contributed by atoms with Crippen molar-refractivity contribution < 1.29 is 22.7 Å². The number of fused-ring (bicyclic) bond motifs is 1. The molecule has 1 aromatic rings. The fraction of sp³-hybridized carbons (Fsp3) is 0.467. The highest BCUT2D eigenvalue weighted by Crippen LogP contribution is 2.44. The number of amides is 1. The van der Waals surface area contributed by atoms with Gasteiger partial charge in [-0.25, -0.2) is 8.42 Å². The Morgan fingerprint density at radius 1 is 1.40 bits per heavy atom. The molecule has 1 amide bonds. The third-order valence-electron chi connectivity index (χ3n) is 3.96. The van der Waals surface area contributed by atoms with Crippen molar-refractivity contribution in [3.8, 4) is 5.75 Å². The van der Waals surface area contributed by atoms with Crippen molar-refractivity contribution >= 4 is 50.0 Å². The SMILES string of the molecule is COCC(=O)N=C1S[C@H]2CS(=O)(=O)C[C@H]2N1c1cc(Cl)ccc1OC. The molecule has 2 aliphatic rings. The Hall–Kier alpha value is -1.29. The van der Waals surface area contributed by atoms with Crippen LogP contribution in [0.25, 0.3) is 0 Å². The van der Waals surface area contributed by atoms with Crippen molar-refractivity contribution in [1.82, 2.24) is 0 Å². The molecule has 0 aromatic heterocycles. The lowest BCUT2D eigenvalue weighted by Crippen LogP contribution is -2.38. The molecule has 7 nitrogen and oxygen atoms in total. The van der Waals surface area contributed by atoms with Crippen molar-refractivity contribution in [3.05, 3.63) is 23.2 Å². The molecule has 2 fully saturated rings. The lowest BCUT2D eigenvalue weighted by molar-refractivity contribution is -0.121. The molecular weight excluding hydrogens is 388 g/mol. The van der Waals surface area contributed by atoms with Gasteiger partial charge in [-0.3, -0.25) is 4.79 Å². The fourth-order valence-corrected chi connectivity index (χ4v) is 7.05. The van der Waals surface area contributed by atoms with Crippen molar-refractivity contribution in [2.24, 2.45) is 4.99 Å². The Morgan fingerprint density at radius 3 is 2.84 bits per heavy atom. The van der Waals surface area contributed by atoms with E-state index in [0.29, 0.717) is 21.6 Å². The monoisotopic (exact) mass is 404 g/mol. The number of rotatable bonds is 4. The summed E-state index contributed by atoms with van der Waals surface area (Å²) in [6, 6.07) is 4.75. The highest BCUT2D eigenvalue weighted by molar-refractivity contribution is 8.16. The number of benzene rings is 1. The van der Waals surface area contributed by atoms with Crippen LogP contribution in [0.3, 0.4) is 0 Å². The summed E-state index contributed by atoms with van der Waals surface area (Å²) in [5, 5.41) is 0.725. The minimum Gasteiger partial charge on any atom is -0.495 e. The smallest absolute Gasteiger partial charge is 0.274 e. The second-order valence-corrected chi connectivity index (χ2v) is 9.50. The van der Waals surface area contributed by atoms with Crippen LogP contribution in [-0.2, 0) is 19.4 Å². The van der Waals surface area contributed by atoms with Crippen LogP contribution in [0.2, 0.25) is 5.02 Å². The maximum atomic E-state index is 12.0. The zero-order valence-corrected chi connectivity index (χ0v) is 16.0. The highest BCUT2D eigenvalue weighted by Gasteiger charge is 2.50. The first-order chi connectivity index (χ1) is 11.8. The summed E-state index contributed by atoms with van der Waals surface area (Å²) < 4.78 is 34.3. The van der Waals surface area contributed by atoms with Crippen LogP contribution in [0.1, 0.15) is 0 Å². The second-order valence-electron chi connectivity index (χ2n) is 5.71. The van der Waals surface area contributed by atoms with Gasteiger partial charge in [0.2, 0.25) is 0 Å². The summed E-state index contributed by atoms with van der Waals surface area (Å²) in [5.41, 5.74) is 0.594. The van der Waals surface area contributed by atoms with Gasteiger partial charge in [0.1, 0.15) is 12.4 Å². The van der Waals surface area contributed by atoms with Crippen LogP contribution in [0.15, 0.2) is 23.2 Å². The number of thioether (sulfide) groups is 1. The molecule has 2 aliphatic heterocycles. The topological polar surface area (TPSA) is 85.3 Å². The number of hydrogen-bond acceptors (Lipinski definition) is 6. The molecule has 0 bridgehead atoms. The highest BCUT2D eigenvalue weighted by atomic mass is 35.5. The van der Waals surface area contributed by atoms with Crippen LogP contribution >= 0.6 is 23.4 Å².